The van der Waals surface area contributed by atoms with E-state index in [4.69, 9.17) is 5.11 Å². The van der Waals surface area contributed by atoms with Crippen LogP contribution in [0.5, 0.6) is 0 Å². The summed E-state index contributed by atoms with van der Waals surface area (Å²) in [6, 6.07) is 8.13. The number of aliphatic hydroxyl groups is 1. The third-order valence-electron chi connectivity index (χ3n) is 3.24. The Morgan fingerprint density at radius 3 is 3.00 bits per heavy atom. The molecule has 0 saturated carbocycles. The van der Waals surface area contributed by atoms with Crippen molar-refractivity contribution in [2.45, 2.75) is 18.8 Å². The Kier molecular flexibility index (Phi) is 3.25. The monoisotopic (exact) mass is 219 g/mol. The smallest absolute Gasteiger partial charge is 0.229 e. The van der Waals surface area contributed by atoms with Crippen LogP contribution in [-0.2, 0) is 11.2 Å². The van der Waals surface area contributed by atoms with Crippen molar-refractivity contribution in [2.24, 2.45) is 0 Å². The highest BCUT2D eigenvalue weighted by atomic mass is 16.3. The highest BCUT2D eigenvalue weighted by molar-refractivity contribution is 5.84. The quantitative estimate of drug-likeness (QED) is 0.829. The van der Waals surface area contributed by atoms with Gasteiger partial charge in [0, 0.05) is 13.6 Å². The fourth-order valence-corrected chi connectivity index (χ4v) is 2.34. The van der Waals surface area contributed by atoms with Gasteiger partial charge in [-0.2, -0.15) is 0 Å². The van der Waals surface area contributed by atoms with Crippen molar-refractivity contribution in [3.8, 4) is 0 Å². The van der Waals surface area contributed by atoms with E-state index >= 15 is 0 Å². The minimum Gasteiger partial charge on any atom is -0.395 e. The number of amides is 1. The summed E-state index contributed by atoms with van der Waals surface area (Å²) in [6.45, 7) is 0.439. The fourth-order valence-electron chi connectivity index (χ4n) is 2.34. The van der Waals surface area contributed by atoms with Crippen molar-refractivity contribution in [1.29, 1.82) is 0 Å². The largest absolute Gasteiger partial charge is 0.395 e. The summed E-state index contributed by atoms with van der Waals surface area (Å²) < 4.78 is 0. The highest BCUT2D eigenvalue weighted by Crippen LogP contribution is 2.33. The molecule has 0 radical (unpaired) electrons. The van der Waals surface area contributed by atoms with E-state index in [9.17, 15) is 4.79 Å². The number of likely N-dealkylation sites (N-methyl/N-ethyl adjacent to an activating group) is 1. The molecule has 86 valence electrons. The molecule has 0 fully saturated rings. The van der Waals surface area contributed by atoms with Gasteiger partial charge in [0.25, 0.3) is 0 Å². The zero-order valence-corrected chi connectivity index (χ0v) is 9.52. The average Bonchev–Trinajstić information content (AvgIpc) is 2.72. The van der Waals surface area contributed by atoms with Gasteiger partial charge in [0.2, 0.25) is 5.91 Å². The van der Waals surface area contributed by atoms with Gasteiger partial charge in [-0.3, -0.25) is 4.79 Å². The number of benzene rings is 1. The second-order valence-electron chi connectivity index (χ2n) is 4.27. The first-order chi connectivity index (χ1) is 7.74. The van der Waals surface area contributed by atoms with Crippen LogP contribution in [0, 0.1) is 0 Å². The van der Waals surface area contributed by atoms with Crippen LogP contribution >= 0.6 is 0 Å². The van der Waals surface area contributed by atoms with E-state index in [1.165, 1.54) is 5.56 Å². The Hall–Kier alpha value is -1.35. The SMILES string of the molecule is CN(CCO)C(=O)C1CCc2ccccc21. The van der Waals surface area contributed by atoms with Crippen molar-refractivity contribution >= 4 is 5.91 Å². The van der Waals surface area contributed by atoms with Crippen molar-refractivity contribution < 1.29 is 9.90 Å². The van der Waals surface area contributed by atoms with E-state index in [-0.39, 0.29) is 18.4 Å². The molecule has 0 bridgehead atoms. The molecule has 3 nitrogen and oxygen atoms in total. The lowest BCUT2D eigenvalue weighted by Crippen LogP contribution is -2.33. The molecule has 3 heteroatoms. The molecule has 1 unspecified atom stereocenters. The summed E-state index contributed by atoms with van der Waals surface area (Å²) in [5.74, 6) is 0.117. The molecular weight excluding hydrogens is 202 g/mol. The molecule has 1 amide bonds. The standard InChI is InChI=1S/C13H17NO2/c1-14(8-9-15)13(16)12-7-6-10-4-2-3-5-11(10)12/h2-5,12,15H,6-9H2,1H3. The van der Waals surface area contributed by atoms with E-state index in [2.05, 4.69) is 6.07 Å². The zero-order valence-electron chi connectivity index (χ0n) is 9.52. The van der Waals surface area contributed by atoms with Crippen molar-refractivity contribution in [1.82, 2.24) is 4.90 Å². The number of nitrogens with zero attached hydrogens (tertiary/aromatic N) is 1. The van der Waals surface area contributed by atoms with Gasteiger partial charge in [-0.1, -0.05) is 24.3 Å². The maximum absolute atomic E-state index is 12.1. The van der Waals surface area contributed by atoms with Crippen LogP contribution in [0.3, 0.4) is 0 Å². The summed E-state index contributed by atoms with van der Waals surface area (Å²) in [5.41, 5.74) is 2.45. The minimum absolute atomic E-state index is 0.00671. The summed E-state index contributed by atoms with van der Waals surface area (Å²) in [7, 11) is 1.75. The van der Waals surface area contributed by atoms with E-state index in [0.717, 1.165) is 18.4 Å². The molecule has 0 aromatic heterocycles. The first-order valence-corrected chi connectivity index (χ1v) is 5.67. The second-order valence-corrected chi connectivity index (χ2v) is 4.27. The van der Waals surface area contributed by atoms with Gasteiger partial charge in [-0.25, -0.2) is 0 Å². The minimum atomic E-state index is -0.00671. The molecular formula is C13H17NO2. The number of carbonyl (C=O) groups excluding carboxylic acids is 1. The molecule has 1 aromatic carbocycles. The molecule has 1 atom stereocenters. The van der Waals surface area contributed by atoms with Gasteiger partial charge >= 0.3 is 0 Å². The summed E-state index contributed by atoms with van der Waals surface area (Å²) in [4.78, 5) is 13.7. The summed E-state index contributed by atoms with van der Waals surface area (Å²) >= 11 is 0. The van der Waals surface area contributed by atoms with E-state index in [1.54, 1.807) is 11.9 Å². The van der Waals surface area contributed by atoms with Crippen LogP contribution < -0.4 is 0 Å². The van der Waals surface area contributed by atoms with Gasteiger partial charge in [0.1, 0.15) is 0 Å². The van der Waals surface area contributed by atoms with Gasteiger partial charge in [-0.15, -0.1) is 0 Å². The van der Waals surface area contributed by atoms with Crippen molar-refractivity contribution in [3.63, 3.8) is 0 Å². The average molecular weight is 219 g/mol. The van der Waals surface area contributed by atoms with Crippen LogP contribution in [0.4, 0.5) is 0 Å². The highest BCUT2D eigenvalue weighted by Gasteiger charge is 2.29. The van der Waals surface area contributed by atoms with Crippen molar-refractivity contribution in [2.75, 3.05) is 20.2 Å². The number of aryl methyl sites for hydroxylation is 1. The van der Waals surface area contributed by atoms with E-state index in [0.29, 0.717) is 6.54 Å². The first-order valence-electron chi connectivity index (χ1n) is 5.67. The Morgan fingerprint density at radius 1 is 1.50 bits per heavy atom. The normalized spacial score (nSPS) is 18.2. The third-order valence-corrected chi connectivity index (χ3v) is 3.24. The lowest BCUT2D eigenvalue weighted by Gasteiger charge is -2.20. The molecule has 1 aliphatic carbocycles. The topological polar surface area (TPSA) is 40.5 Å². The number of rotatable bonds is 3. The maximum atomic E-state index is 12.1. The van der Waals surface area contributed by atoms with Gasteiger partial charge in [0.15, 0.2) is 0 Å². The lowest BCUT2D eigenvalue weighted by molar-refractivity contribution is -0.131. The van der Waals surface area contributed by atoms with Crippen LogP contribution in [0.25, 0.3) is 0 Å². The van der Waals surface area contributed by atoms with Crippen LogP contribution in [0.1, 0.15) is 23.5 Å². The van der Waals surface area contributed by atoms with Gasteiger partial charge in [-0.05, 0) is 24.0 Å². The molecule has 1 N–H and O–H groups in total. The second kappa shape index (κ2) is 4.66. The van der Waals surface area contributed by atoms with Crippen LogP contribution in [0.2, 0.25) is 0 Å². The number of fused-ring (bicyclic) bond motifs is 1. The molecule has 0 heterocycles. The van der Waals surface area contributed by atoms with Crippen molar-refractivity contribution in [3.05, 3.63) is 35.4 Å². The maximum Gasteiger partial charge on any atom is 0.229 e. The Morgan fingerprint density at radius 2 is 2.25 bits per heavy atom. The Labute approximate surface area is 95.7 Å². The van der Waals surface area contributed by atoms with E-state index < -0.39 is 0 Å². The molecule has 0 saturated heterocycles. The fraction of sp³-hybridized carbons (Fsp3) is 0.462. The van der Waals surface area contributed by atoms with Crippen LogP contribution in [-0.4, -0.2) is 36.1 Å². The zero-order chi connectivity index (χ0) is 11.5. The Bertz CT molecular complexity index is 389. The molecule has 1 aliphatic rings. The van der Waals surface area contributed by atoms with Crippen LogP contribution in [0.15, 0.2) is 24.3 Å². The third kappa shape index (κ3) is 1.95. The number of hydrogen-bond donors (Lipinski definition) is 1. The number of hydrogen-bond acceptors (Lipinski definition) is 2. The molecule has 1 aromatic rings. The van der Waals surface area contributed by atoms with E-state index in [1.807, 2.05) is 18.2 Å². The molecule has 16 heavy (non-hydrogen) atoms. The van der Waals surface area contributed by atoms with Gasteiger partial charge < -0.3 is 10.0 Å². The van der Waals surface area contributed by atoms with Gasteiger partial charge in [0.05, 0.1) is 12.5 Å². The number of carbonyl (C=O) groups is 1. The lowest BCUT2D eigenvalue weighted by atomic mass is 10.00. The Balaban J connectivity index is 2.16. The first kappa shape index (κ1) is 11.1. The summed E-state index contributed by atoms with van der Waals surface area (Å²) in [6.07, 6.45) is 1.88. The predicted molar refractivity (Wildman–Crippen MR) is 62.2 cm³/mol. The molecule has 2 rings (SSSR count). The summed E-state index contributed by atoms with van der Waals surface area (Å²) in [5, 5.41) is 8.83. The number of aliphatic hydroxyl groups excluding tert-OH is 1. The molecule has 0 aliphatic heterocycles. The predicted octanol–water partition coefficient (Wildman–Crippen LogP) is 1.17. The molecule has 0 spiro atoms.